The van der Waals surface area contributed by atoms with Crippen molar-refractivity contribution in [2.45, 2.75) is 81.1 Å². The SMILES string of the molecule is C=C/C=C\C.C=C1CCCC/C1=C/C.CC.CC.CC. The highest BCUT2D eigenvalue weighted by molar-refractivity contribution is 5.29. The van der Waals surface area contributed by atoms with Crippen LogP contribution >= 0.6 is 0 Å². The Bertz CT molecular complexity index is 228. The summed E-state index contributed by atoms with van der Waals surface area (Å²) >= 11 is 0. The molecule has 0 heterocycles. The second-order valence-corrected chi connectivity index (χ2v) is 3.39. The quantitative estimate of drug-likeness (QED) is 0.428. The third kappa shape index (κ3) is 22.2. The van der Waals surface area contributed by atoms with Crippen molar-refractivity contribution in [1.29, 1.82) is 0 Å². The molecule has 1 rings (SSSR count). The van der Waals surface area contributed by atoms with Gasteiger partial charge < -0.3 is 0 Å². The minimum absolute atomic E-state index is 1.22. The van der Waals surface area contributed by atoms with Gasteiger partial charge in [0.1, 0.15) is 0 Å². The van der Waals surface area contributed by atoms with Crippen LogP contribution < -0.4 is 0 Å². The van der Waals surface area contributed by atoms with Gasteiger partial charge in [-0.15, -0.1) is 0 Å². The second kappa shape index (κ2) is 30.8. The van der Waals surface area contributed by atoms with Gasteiger partial charge in [-0.05, 0) is 45.1 Å². The highest BCUT2D eigenvalue weighted by atomic mass is 14.1. The summed E-state index contributed by atoms with van der Waals surface area (Å²) in [6.45, 7) is 23.5. The molecule has 0 spiro atoms. The molecular weight excluding hydrogens is 240 g/mol. The molecule has 1 saturated carbocycles. The minimum atomic E-state index is 1.22. The van der Waals surface area contributed by atoms with E-state index in [-0.39, 0.29) is 0 Å². The molecule has 1 aliphatic carbocycles. The molecule has 0 bridgehead atoms. The summed E-state index contributed by atoms with van der Waals surface area (Å²) in [6, 6.07) is 0. The Morgan fingerprint density at radius 1 is 0.850 bits per heavy atom. The summed E-state index contributed by atoms with van der Waals surface area (Å²) in [5.41, 5.74) is 2.85. The van der Waals surface area contributed by atoms with E-state index in [1.165, 1.54) is 36.8 Å². The predicted molar refractivity (Wildman–Crippen MR) is 100 cm³/mol. The molecule has 0 unspecified atom stereocenters. The molecule has 120 valence electrons. The average Bonchev–Trinajstić information content (AvgIpc) is 2.55. The first-order chi connectivity index (χ1) is 9.76. The fraction of sp³-hybridized carbons (Fsp3) is 0.600. The summed E-state index contributed by atoms with van der Waals surface area (Å²) in [7, 11) is 0. The van der Waals surface area contributed by atoms with E-state index in [1.54, 1.807) is 6.08 Å². The number of hydrogen-bond acceptors (Lipinski definition) is 0. The van der Waals surface area contributed by atoms with E-state index in [9.17, 15) is 0 Å². The van der Waals surface area contributed by atoms with Crippen molar-refractivity contribution in [1.82, 2.24) is 0 Å². The molecule has 0 aliphatic heterocycles. The maximum absolute atomic E-state index is 4.00. The van der Waals surface area contributed by atoms with Gasteiger partial charge in [0.15, 0.2) is 0 Å². The summed E-state index contributed by atoms with van der Waals surface area (Å²) in [6.07, 6.45) is 13.0. The van der Waals surface area contributed by atoms with Crippen LogP contribution in [0.3, 0.4) is 0 Å². The first-order valence-electron chi connectivity index (χ1n) is 8.33. The third-order valence-electron chi connectivity index (χ3n) is 2.31. The number of rotatable bonds is 1. The molecule has 20 heavy (non-hydrogen) atoms. The largest absolute Gasteiger partial charge is 0.0991 e. The standard InChI is InChI=1S/C9H14.C5H8.3C2H6/c1-3-9-7-5-4-6-8(9)2;1-3-5-4-2;3*1-2/h3H,2,4-7H2,1H3;3-5H,1H2,2H3;3*1-2H3/b9-3-;5-4-;;;. The van der Waals surface area contributed by atoms with E-state index in [2.05, 4.69) is 26.2 Å². The Labute approximate surface area is 130 Å². The Hall–Kier alpha value is -1.04. The Balaban J connectivity index is -0.000000100. The lowest BCUT2D eigenvalue weighted by Gasteiger charge is -2.15. The monoisotopic (exact) mass is 280 g/mol. The van der Waals surface area contributed by atoms with Gasteiger partial charge in [-0.2, -0.15) is 0 Å². The normalized spacial score (nSPS) is 14.4. The summed E-state index contributed by atoms with van der Waals surface area (Å²) < 4.78 is 0. The molecule has 0 N–H and O–H groups in total. The molecule has 1 fully saturated rings. The van der Waals surface area contributed by atoms with E-state index in [4.69, 9.17) is 0 Å². The molecule has 0 aromatic rings. The van der Waals surface area contributed by atoms with Gasteiger partial charge in [-0.25, -0.2) is 0 Å². The van der Waals surface area contributed by atoms with Crippen molar-refractivity contribution in [3.8, 4) is 0 Å². The second-order valence-electron chi connectivity index (χ2n) is 3.39. The van der Waals surface area contributed by atoms with Crippen LogP contribution in [-0.2, 0) is 0 Å². The van der Waals surface area contributed by atoms with E-state index < -0.39 is 0 Å². The zero-order chi connectivity index (χ0) is 16.8. The van der Waals surface area contributed by atoms with E-state index in [0.29, 0.717) is 0 Å². The number of hydrogen-bond donors (Lipinski definition) is 0. The van der Waals surface area contributed by atoms with E-state index in [0.717, 1.165) is 0 Å². The van der Waals surface area contributed by atoms with Crippen LogP contribution in [0.15, 0.2) is 48.6 Å². The third-order valence-corrected chi connectivity index (χ3v) is 2.31. The molecular formula is C20H40. The molecule has 0 radical (unpaired) electrons. The molecule has 0 aromatic heterocycles. The maximum atomic E-state index is 4.00. The fourth-order valence-electron chi connectivity index (χ4n) is 1.48. The lowest BCUT2D eigenvalue weighted by Crippen LogP contribution is -1.95. The van der Waals surface area contributed by atoms with E-state index in [1.807, 2.05) is 60.6 Å². The lowest BCUT2D eigenvalue weighted by atomic mass is 9.91. The number of allylic oxidation sites excluding steroid dienone is 6. The molecule has 0 saturated heterocycles. The first-order valence-corrected chi connectivity index (χ1v) is 8.33. The predicted octanol–water partition coefficient (Wildman–Crippen LogP) is 7.89. The van der Waals surface area contributed by atoms with Gasteiger partial charge >= 0.3 is 0 Å². The maximum Gasteiger partial charge on any atom is -0.0280 e. The van der Waals surface area contributed by atoms with Crippen molar-refractivity contribution >= 4 is 0 Å². The Morgan fingerprint density at radius 3 is 1.50 bits per heavy atom. The molecule has 0 heteroatoms. The summed E-state index contributed by atoms with van der Waals surface area (Å²) in [5, 5.41) is 0. The van der Waals surface area contributed by atoms with Crippen molar-refractivity contribution in [2.24, 2.45) is 0 Å². The molecule has 0 aromatic carbocycles. The van der Waals surface area contributed by atoms with Crippen molar-refractivity contribution < 1.29 is 0 Å². The Morgan fingerprint density at radius 2 is 1.30 bits per heavy atom. The van der Waals surface area contributed by atoms with Crippen LogP contribution in [0, 0.1) is 0 Å². The zero-order valence-corrected chi connectivity index (χ0v) is 15.6. The van der Waals surface area contributed by atoms with Crippen LogP contribution in [0.4, 0.5) is 0 Å². The van der Waals surface area contributed by atoms with Crippen molar-refractivity contribution in [3.05, 3.63) is 48.6 Å². The molecule has 0 atom stereocenters. The van der Waals surface area contributed by atoms with Gasteiger partial charge in [0.05, 0.1) is 0 Å². The Kier molecular flexibility index (Phi) is 42.0. The van der Waals surface area contributed by atoms with Gasteiger partial charge in [0, 0.05) is 0 Å². The molecule has 0 amide bonds. The van der Waals surface area contributed by atoms with Crippen LogP contribution in [0.25, 0.3) is 0 Å². The van der Waals surface area contributed by atoms with Gasteiger partial charge in [-0.3, -0.25) is 0 Å². The van der Waals surface area contributed by atoms with Crippen LogP contribution in [-0.4, -0.2) is 0 Å². The topological polar surface area (TPSA) is 0 Å². The highest BCUT2D eigenvalue weighted by Crippen LogP contribution is 2.26. The average molecular weight is 281 g/mol. The molecule has 1 aliphatic rings. The highest BCUT2D eigenvalue weighted by Gasteiger charge is 2.06. The van der Waals surface area contributed by atoms with Crippen molar-refractivity contribution in [3.63, 3.8) is 0 Å². The fourth-order valence-corrected chi connectivity index (χ4v) is 1.48. The zero-order valence-electron chi connectivity index (χ0n) is 15.6. The minimum Gasteiger partial charge on any atom is -0.0991 e. The van der Waals surface area contributed by atoms with Crippen molar-refractivity contribution in [2.75, 3.05) is 0 Å². The van der Waals surface area contributed by atoms with Gasteiger partial charge in [0.25, 0.3) is 0 Å². The van der Waals surface area contributed by atoms with Crippen LogP contribution in [0.1, 0.15) is 81.1 Å². The smallest absolute Gasteiger partial charge is 0.0280 e. The van der Waals surface area contributed by atoms with Crippen LogP contribution in [0.2, 0.25) is 0 Å². The summed E-state index contributed by atoms with van der Waals surface area (Å²) in [4.78, 5) is 0. The van der Waals surface area contributed by atoms with Gasteiger partial charge in [-0.1, -0.05) is 84.6 Å². The first kappa shape index (κ1) is 27.3. The molecule has 0 nitrogen and oxygen atoms in total. The lowest BCUT2D eigenvalue weighted by molar-refractivity contribution is 0.680. The van der Waals surface area contributed by atoms with Gasteiger partial charge in [0.2, 0.25) is 0 Å². The summed E-state index contributed by atoms with van der Waals surface area (Å²) in [5.74, 6) is 0. The van der Waals surface area contributed by atoms with Crippen LogP contribution in [0.5, 0.6) is 0 Å². The van der Waals surface area contributed by atoms with E-state index >= 15 is 0 Å².